The lowest BCUT2D eigenvalue weighted by Gasteiger charge is -2.24. The summed E-state index contributed by atoms with van der Waals surface area (Å²) in [4.78, 5) is 0. The van der Waals surface area contributed by atoms with Crippen molar-refractivity contribution in [2.75, 3.05) is 0 Å². The predicted molar refractivity (Wildman–Crippen MR) is 411 cm³/mol. The monoisotopic (exact) mass is 1240 g/mol. The Balaban J connectivity index is 0.000000147. The fourth-order valence-electron chi connectivity index (χ4n) is 16.1. The summed E-state index contributed by atoms with van der Waals surface area (Å²) in [6, 6.07) is 128. The third kappa shape index (κ3) is 8.40. The molecular formula is C91H62N6. The molecule has 6 heterocycles. The molecule has 0 atom stereocenters. The normalized spacial score (nSPS) is 11.8. The van der Waals surface area contributed by atoms with Gasteiger partial charge in [-0.1, -0.05) is 250 Å². The number of rotatable bonds is 7. The summed E-state index contributed by atoms with van der Waals surface area (Å²) in [5.41, 5.74) is 23.4. The number of nitrogens with zero attached hydrogens (tertiary/aromatic N) is 6. The average molecular weight is 1240 g/mol. The number of benzene rings is 15. The molecule has 0 N–H and O–H groups in total. The van der Waals surface area contributed by atoms with E-state index < -0.39 is 0 Å². The molecule has 0 amide bonds. The van der Waals surface area contributed by atoms with E-state index in [1.807, 2.05) is 0 Å². The molecule has 0 fully saturated rings. The first-order valence-electron chi connectivity index (χ1n) is 33.0. The highest BCUT2D eigenvalue weighted by Crippen LogP contribution is 2.46. The fourth-order valence-corrected chi connectivity index (χ4v) is 16.1. The van der Waals surface area contributed by atoms with Gasteiger partial charge in [-0.05, 0) is 120 Å². The maximum absolute atomic E-state index is 2.53. The van der Waals surface area contributed by atoms with E-state index in [1.165, 1.54) is 142 Å². The smallest absolute Gasteiger partial charge is 0.0948 e. The largest absolute Gasteiger partial charge is 0.309 e. The average Bonchev–Trinajstić information content (AvgIpc) is 1.61. The number of aromatic nitrogens is 6. The molecule has 21 rings (SSSR count). The molecule has 6 aromatic heterocycles. The van der Waals surface area contributed by atoms with Crippen LogP contribution in [-0.4, -0.2) is 27.4 Å². The van der Waals surface area contributed by atoms with Gasteiger partial charge in [-0.15, -0.1) is 0 Å². The predicted octanol–water partition coefficient (Wildman–Crippen LogP) is 24.3. The van der Waals surface area contributed by atoms with E-state index in [9.17, 15) is 0 Å². The van der Waals surface area contributed by atoms with Crippen LogP contribution in [0.15, 0.2) is 352 Å². The molecule has 97 heavy (non-hydrogen) atoms. The van der Waals surface area contributed by atoms with Gasteiger partial charge < -0.3 is 27.4 Å². The molecule has 0 aliphatic rings. The van der Waals surface area contributed by atoms with E-state index in [4.69, 9.17) is 0 Å². The Kier molecular flexibility index (Phi) is 12.7. The zero-order valence-electron chi connectivity index (χ0n) is 52.2. The van der Waals surface area contributed by atoms with Crippen molar-refractivity contribution in [3.63, 3.8) is 0 Å². The molecule has 15 aromatic carbocycles. The molecule has 0 aliphatic carbocycles. The van der Waals surface area contributed by atoms with Gasteiger partial charge in [0.25, 0.3) is 0 Å². The van der Waals surface area contributed by atoms with Crippen molar-refractivity contribution in [1.29, 1.82) is 0 Å². The third-order valence-corrected chi connectivity index (χ3v) is 20.0. The molecule has 21 aromatic rings. The van der Waals surface area contributed by atoms with Gasteiger partial charge in [0.2, 0.25) is 0 Å². The summed E-state index contributed by atoms with van der Waals surface area (Å²) >= 11 is 0. The van der Waals surface area contributed by atoms with E-state index in [0.717, 1.165) is 33.8 Å². The first-order valence-corrected chi connectivity index (χ1v) is 33.0. The number of hydrogen-bond donors (Lipinski definition) is 0. The van der Waals surface area contributed by atoms with E-state index in [2.05, 4.69) is 379 Å². The minimum absolute atomic E-state index is 0. The van der Waals surface area contributed by atoms with Crippen LogP contribution < -0.4 is 0 Å². The lowest BCUT2D eigenvalue weighted by atomic mass is 10.0. The van der Waals surface area contributed by atoms with E-state index >= 15 is 0 Å². The topological polar surface area (TPSA) is 29.6 Å². The van der Waals surface area contributed by atoms with Gasteiger partial charge >= 0.3 is 0 Å². The van der Waals surface area contributed by atoms with Crippen molar-refractivity contribution >= 4 is 131 Å². The molecule has 0 saturated heterocycles. The van der Waals surface area contributed by atoms with Gasteiger partial charge in [0.1, 0.15) is 0 Å². The molecule has 456 valence electrons. The zero-order chi connectivity index (χ0) is 63.0. The molecule has 0 bridgehead atoms. The van der Waals surface area contributed by atoms with Crippen molar-refractivity contribution < 1.29 is 0 Å². The maximum Gasteiger partial charge on any atom is 0.0948 e. The van der Waals surface area contributed by atoms with Crippen molar-refractivity contribution in [2.45, 2.75) is 7.43 Å². The van der Waals surface area contributed by atoms with Gasteiger partial charge in [-0.25, -0.2) is 0 Å². The zero-order valence-corrected chi connectivity index (χ0v) is 52.2. The maximum atomic E-state index is 2.53. The first kappa shape index (κ1) is 55.7. The summed E-state index contributed by atoms with van der Waals surface area (Å²) < 4.78 is 14.8. The van der Waals surface area contributed by atoms with E-state index in [-0.39, 0.29) is 7.43 Å². The van der Waals surface area contributed by atoms with Crippen molar-refractivity contribution in [2.24, 2.45) is 0 Å². The number of para-hydroxylation sites is 12. The number of fused-ring (bicyclic) bond motifs is 18. The fraction of sp³-hybridized carbons (Fsp3) is 0.0110. The van der Waals surface area contributed by atoms with Crippen molar-refractivity contribution in [3.05, 3.63) is 352 Å². The Morgan fingerprint density at radius 3 is 0.557 bits per heavy atom. The van der Waals surface area contributed by atoms with Crippen LogP contribution in [-0.2, 0) is 0 Å². The SMILES string of the molecule is C.c1cc(-c2cccc(-n3c4ccccc4c4ccccc43)c2)cc(-n2c3ccccc3c3ccccc32)c1.c1ccc2c(c1)c1ccccc1n2-c1cc(-n2c3ccccc3c3ccccc32)c(-n2c3ccccc3c3ccccc32)c(-n2c3ccccc3c3ccccc32)c1. The van der Waals surface area contributed by atoms with Crippen LogP contribution in [0.1, 0.15) is 7.43 Å². The summed E-state index contributed by atoms with van der Waals surface area (Å²) in [7, 11) is 0. The van der Waals surface area contributed by atoms with Gasteiger partial charge in [0.15, 0.2) is 0 Å². The molecule has 0 spiro atoms. The standard InChI is InChI=1S/C54H34N4.C36H24N2.CH4/c1-9-25-44-36(17-1)37-18-2-10-26-45(37)55(44)35-33-52(56-46-27-11-3-19-38(46)39-20-4-12-28-47(39)56)54(58-50-31-15-7-23-42(50)43-24-8-16-32-51(43)58)53(34-35)57-48-29-13-5-21-40(48)41-22-6-14-30-49(41)57;1-5-19-33-29(15-1)30-16-2-6-20-34(30)37(33)27-13-9-11-25(23-27)26-12-10-14-28(24-26)38-35-21-7-3-17-31(35)32-18-4-8-22-36(32)38;/h1-34H;1-24H;1H4. The molecule has 0 aliphatic heterocycles. The Morgan fingerprint density at radius 2 is 0.330 bits per heavy atom. The Hall–Kier alpha value is -12.9. The lowest BCUT2D eigenvalue weighted by molar-refractivity contribution is 1.04. The highest BCUT2D eigenvalue weighted by Gasteiger charge is 2.27. The van der Waals surface area contributed by atoms with E-state index in [0.29, 0.717) is 0 Å². The molecule has 6 heteroatoms. The second-order valence-electron chi connectivity index (χ2n) is 25.2. The minimum Gasteiger partial charge on any atom is -0.309 e. The molecule has 6 nitrogen and oxygen atoms in total. The van der Waals surface area contributed by atoms with E-state index in [1.54, 1.807) is 0 Å². The van der Waals surface area contributed by atoms with Crippen LogP contribution in [0.3, 0.4) is 0 Å². The molecule has 0 unspecified atom stereocenters. The molecular weight excluding hydrogens is 1180 g/mol. The molecule has 0 radical (unpaired) electrons. The summed E-state index contributed by atoms with van der Waals surface area (Å²) in [6.07, 6.45) is 0. The highest BCUT2D eigenvalue weighted by molar-refractivity contribution is 6.16. The van der Waals surface area contributed by atoms with Gasteiger partial charge in [0, 0.05) is 76.0 Å². The Labute approximate surface area is 559 Å². The van der Waals surface area contributed by atoms with Gasteiger partial charge in [-0.3, -0.25) is 0 Å². The van der Waals surface area contributed by atoms with Crippen molar-refractivity contribution in [3.8, 4) is 45.3 Å². The minimum atomic E-state index is 0. The summed E-state index contributed by atoms with van der Waals surface area (Å²) in [5, 5.41) is 15.0. The lowest BCUT2D eigenvalue weighted by Crippen LogP contribution is -2.11. The van der Waals surface area contributed by atoms with Crippen LogP contribution in [0.2, 0.25) is 0 Å². The highest BCUT2D eigenvalue weighted by atomic mass is 15.1. The second kappa shape index (κ2) is 22.1. The van der Waals surface area contributed by atoms with Crippen molar-refractivity contribution in [1.82, 2.24) is 27.4 Å². The quantitative estimate of drug-likeness (QED) is 0.152. The Bertz CT molecular complexity index is 6120. The third-order valence-electron chi connectivity index (χ3n) is 20.0. The summed E-state index contributed by atoms with van der Waals surface area (Å²) in [6.45, 7) is 0. The van der Waals surface area contributed by atoms with Crippen LogP contribution >= 0.6 is 0 Å². The first-order chi connectivity index (χ1) is 47.7. The van der Waals surface area contributed by atoms with Crippen LogP contribution in [0.5, 0.6) is 0 Å². The second-order valence-corrected chi connectivity index (χ2v) is 25.2. The van der Waals surface area contributed by atoms with Crippen LogP contribution in [0.25, 0.3) is 176 Å². The Morgan fingerprint density at radius 1 is 0.144 bits per heavy atom. The summed E-state index contributed by atoms with van der Waals surface area (Å²) in [5.74, 6) is 0. The van der Waals surface area contributed by atoms with Gasteiger partial charge in [0.05, 0.1) is 88.9 Å². The number of hydrogen-bond acceptors (Lipinski definition) is 0. The van der Waals surface area contributed by atoms with Crippen LogP contribution in [0, 0.1) is 0 Å². The van der Waals surface area contributed by atoms with Gasteiger partial charge in [-0.2, -0.15) is 0 Å². The molecule has 0 saturated carbocycles. The van der Waals surface area contributed by atoms with Crippen LogP contribution in [0.4, 0.5) is 0 Å².